The lowest BCUT2D eigenvalue weighted by Gasteiger charge is -2.13. The van der Waals surface area contributed by atoms with Gasteiger partial charge in [-0.2, -0.15) is 0 Å². The molecule has 22 heavy (non-hydrogen) atoms. The van der Waals surface area contributed by atoms with E-state index in [1.807, 2.05) is 30.3 Å². The average Bonchev–Trinajstić information content (AvgIpc) is 2.89. The molecule has 0 aliphatic carbocycles. The summed E-state index contributed by atoms with van der Waals surface area (Å²) >= 11 is 0. The van der Waals surface area contributed by atoms with E-state index >= 15 is 0 Å². The van der Waals surface area contributed by atoms with Crippen molar-refractivity contribution in [1.82, 2.24) is 5.32 Å². The zero-order valence-electron chi connectivity index (χ0n) is 11.7. The molecular formula is C17H15F2NO2. The second kappa shape index (κ2) is 6.25. The molecule has 3 aromatic rings. The van der Waals surface area contributed by atoms with Crippen LogP contribution in [0.5, 0.6) is 0 Å². The number of para-hydroxylation sites is 1. The molecule has 0 bridgehead atoms. The van der Waals surface area contributed by atoms with Gasteiger partial charge in [-0.15, -0.1) is 0 Å². The minimum absolute atomic E-state index is 0.0227. The molecule has 0 radical (unpaired) electrons. The van der Waals surface area contributed by atoms with E-state index in [0.29, 0.717) is 12.3 Å². The van der Waals surface area contributed by atoms with Crippen LogP contribution in [0, 0.1) is 11.6 Å². The minimum Gasteiger partial charge on any atom is -0.460 e. The van der Waals surface area contributed by atoms with E-state index in [4.69, 9.17) is 4.42 Å². The molecular weight excluding hydrogens is 288 g/mol. The van der Waals surface area contributed by atoms with Crippen LogP contribution in [0.4, 0.5) is 8.78 Å². The van der Waals surface area contributed by atoms with Crippen molar-refractivity contribution < 1.29 is 18.3 Å². The van der Waals surface area contributed by atoms with Crippen molar-refractivity contribution >= 4 is 11.0 Å². The Bertz CT molecular complexity index is 732. The zero-order valence-corrected chi connectivity index (χ0v) is 11.7. The number of fused-ring (bicyclic) bond motifs is 1. The fourth-order valence-corrected chi connectivity index (χ4v) is 2.39. The normalized spacial score (nSPS) is 12.7. The molecule has 0 saturated carbocycles. The molecule has 1 aromatic heterocycles. The lowest BCUT2D eigenvalue weighted by molar-refractivity contribution is 0.164. The van der Waals surface area contributed by atoms with E-state index in [1.165, 1.54) is 6.07 Å². The maximum atomic E-state index is 13.5. The first-order valence-corrected chi connectivity index (χ1v) is 6.95. The van der Waals surface area contributed by atoms with Gasteiger partial charge in [0.15, 0.2) is 0 Å². The SMILES string of the molecule is OC(CNCc1cc2ccccc2o1)c1c(F)cccc1F. The summed E-state index contributed by atoms with van der Waals surface area (Å²) in [6.45, 7) is 0.386. The summed E-state index contributed by atoms with van der Waals surface area (Å²) in [7, 11) is 0. The third kappa shape index (κ3) is 3.00. The van der Waals surface area contributed by atoms with Gasteiger partial charge >= 0.3 is 0 Å². The third-order valence-corrected chi connectivity index (χ3v) is 3.45. The highest BCUT2D eigenvalue weighted by Gasteiger charge is 2.17. The summed E-state index contributed by atoms with van der Waals surface area (Å²) in [5.74, 6) is -0.807. The first-order chi connectivity index (χ1) is 10.6. The van der Waals surface area contributed by atoms with Crippen LogP contribution in [-0.2, 0) is 6.54 Å². The summed E-state index contributed by atoms with van der Waals surface area (Å²) in [5, 5.41) is 13.9. The van der Waals surface area contributed by atoms with Gasteiger partial charge in [0.25, 0.3) is 0 Å². The monoisotopic (exact) mass is 303 g/mol. The predicted octanol–water partition coefficient (Wildman–Crippen LogP) is 3.53. The van der Waals surface area contributed by atoms with Crippen LogP contribution in [0.2, 0.25) is 0 Å². The number of hydrogen-bond donors (Lipinski definition) is 2. The molecule has 114 valence electrons. The standard InChI is InChI=1S/C17H15F2NO2/c18-13-5-3-6-14(19)17(13)15(21)10-20-9-12-8-11-4-1-2-7-16(11)22-12/h1-8,15,20-21H,9-10H2. The molecule has 0 aliphatic rings. The van der Waals surface area contributed by atoms with E-state index in [9.17, 15) is 13.9 Å². The van der Waals surface area contributed by atoms with Crippen molar-refractivity contribution in [1.29, 1.82) is 0 Å². The first-order valence-electron chi connectivity index (χ1n) is 6.95. The van der Waals surface area contributed by atoms with E-state index in [2.05, 4.69) is 5.32 Å². The van der Waals surface area contributed by atoms with Gasteiger partial charge in [-0.1, -0.05) is 24.3 Å². The maximum absolute atomic E-state index is 13.5. The van der Waals surface area contributed by atoms with Crippen LogP contribution in [0.1, 0.15) is 17.4 Å². The van der Waals surface area contributed by atoms with Gasteiger partial charge in [0.1, 0.15) is 23.0 Å². The molecule has 0 saturated heterocycles. The van der Waals surface area contributed by atoms with Crippen LogP contribution in [-0.4, -0.2) is 11.7 Å². The van der Waals surface area contributed by atoms with Crippen LogP contribution in [0.15, 0.2) is 52.9 Å². The van der Waals surface area contributed by atoms with E-state index in [0.717, 1.165) is 23.1 Å². The van der Waals surface area contributed by atoms with E-state index in [1.54, 1.807) is 0 Å². The van der Waals surface area contributed by atoms with Gasteiger partial charge in [0.2, 0.25) is 0 Å². The molecule has 0 fully saturated rings. The van der Waals surface area contributed by atoms with Gasteiger partial charge in [-0.25, -0.2) is 8.78 Å². The van der Waals surface area contributed by atoms with Crippen molar-refractivity contribution in [2.45, 2.75) is 12.6 Å². The molecule has 3 nitrogen and oxygen atoms in total. The topological polar surface area (TPSA) is 45.4 Å². The molecule has 1 atom stereocenters. The van der Waals surface area contributed by atoms with Gasteiger partial charge in [0.05, 0.1) is 18.2 Å². The highest BCUT2D eigenvalue weighted by atomic mass is 19.1. The number of benzene rings is 2. The number of nitrogens with one attached hydrogen (secondary N) is 1. The van der Waals surface area contributed by atoms with E-state index < -0.39 is 17.7 Å². The highest BCUT2D eigenvalue weighted by Crippen LogP contribution is 2.21. The molecule has 0 spiro atoms. The second-order valence-electron chi connectivity index (χ2n) is 5.03. The lowest BCUT2D eigenvalue weighted by atomic mass is 10.1. The molecule has 3 rings (SSSR count). The fourth-order valence-electron chi connectivity index (χ4n) is 2.39. The van der Waals surface area contributed by atoms with Crippen LogP contribution >= 0.6 is 0 Å². The van der Waals surface area contributed by atoms with Gasteiger partial charge in [-0.05, 0) is 24.3 Å². The van der Waals surface area contributed by atoms with Crippen molar-refractivity contribution in [3.63, 3.8) is 0 Å². The zero-order chi connectivity index (χ0) is 15.5. The summed E-state index contributed by atoms with van der Waals surface area (Å²) in [4.78, 5) is 0. The minimum atomic E-state index is -1.26. The Labute approximate surface area is 126 Å². The molecule has 2 aromatic carbocycles. The number of aliphatic hydroxyl groups is 1. The number of aliphatic hydroxyl groups excluding tert-OH is 1. The van der Waals surface area contributed by atoms with Crippen molar-refractivity contribution in [3.05, 3.63) is 71.5 Å². The lowest BCUT2D eigenvalue weighted by Crippen LogP contribution is -2.22. The Morgan fingerprint density at radius 3 is 2.50 bits per heavy atom. The van der Waals surface area contributed by atoms with Crippen molar-refractivity contribution in [2.24, 2.45) is 0 Å². The third-order valence-electron chi connectivity index (χ3n) is 3.45. The molecule has 0 aliphatic heterocycles. The predicted molar refractivity (Wildman–Crippen MR) is 79.2 cm³/mol. The summed E-state index contributed by atoms with van der Waals surface area (Å²) in [6, 6.07) is 13.0. The number of rotatable bonds is 5. The van der Waals surface area contributed by atoms with Crippen LogP contribution in [0.25, 0.3) is 11.0 Å². The summed E-state index contributed by atoms with van der Waals surface area (Å²) in [5.41, 5.74) is 0.458. The molecule has 0 amide bonds. The number of halogens is 2. The Hall–Kier alpha value is -2.24. The highest BCUT2D eigenvalue weighted by molar-refractivity contribution is 5.77. The first kappa shape index (κ1) is 14.7. The number of hydrogen-bond acceptors (Lipinski definition) is 3. The average molecular weight is 303 g/mol. The summed E-state index contributed by atoms with van der Waals surface area (Å²) in [6.07, 6.45) is -1.26. The van der Waals surface area contributed by atoms with Gasteiger partial charge in [-0.3, -0.25) is 0 Å². The molecule has 2 N–H and O–H groups in total. The quantitative estimate of drug-likeness (QED) is 0.758. The maximum Gasteiger partial charge on any atom is 0.134 e. The molecule has 1 unspecified atom stereocenters. The second-order valence-corrected chi connectivity index (χ2v) is 5.03. The van der Waals surface area contributed by atoms with Crippen molar-refractivity contribution in [3.8, 4) is 0 Å². The summed E-state index contributed by atoms with van der Waals surface area (Å²) < 4.78 is 32.7. The van der Waals surface area contributed by atoms with Crippen molar-refractivity contribution in [2.75, 3.05) is 6.54 Å². The Morgan fingerprint density at radius 1 is 1.05 bits per heavy atom. The Morgan fingerprint density at radius 2 is 1.77 bits per heavy atom. The number of furan rings is 1. The van der Waals surface area contributed by atoms with E-state index in [-0.39, 0.29) is 12.1 Å². The fraction of sp³-hybridized carbons (Fsp3) is 0.176. The van der Waals surface area contributed by atoms with Crippen LogP contribution in [0.3, 0.4) is 0 Å². The van der Waals surface area contributed by atoms with Gasteiger partial charge in [0, 0.05) is 11.9 Å². The molecule has 1 heterocycles. The largest absolute Gasteiger partial charge is 0.460 e. The smallest absolute Gasteiger partial charge is 0.134 e. The van der Waals surface area contributed by atoms with Crippen LogP contribution < -0.4 is 5.32 Å². The Balaban J connectivity index is 1.63. The molecule has 5 heteroatoms. The Kier molecular flexibility index (Phi) is 4.18. The van der Waals surface area contributed by atoms with Gasteiger partial charge < -0.3 is 14.8 Å².